The minimum Gasteiger partial charge on any atom is -0.459 e. The summed E-state index contributed by atoms with van der Waals surface area (Å²) in [6, 6.07) is 13.2. The predicted molar refractivity (Wildman–Crippen MR) is 258 cm³/mol. The number of unbranched alkanes of at least 4 members (excludes halogenated alkanes) is 11. The van der Waals surface area contributed by atoms with Crippen molar-refractivity contribution in [3.8, 4) is 17.6 Å². The van der Waals surface area contributed by atoms with E-state index in [9.17, 15) is 30.2 Å². The van der Waals surface area contributed by atoms with E-state index in [0.717, 1.165) is 56.1 Å². The minimum absolute atomic E-state index is 0.0142. The Hall–Kier alpha value is -4.78. The van der Waals surface area contributed by atoms with E-state index in [1.165, 1.54) is 52.1 Å². The highest BCUT2D eigenvalue weighted by molar-refractivity contribution is 6.03. The Bertz CT molecular complexity index is 1950. The van der Waals surface area contributed by atoms with Crippen molar-refractivity contribution in [2.24, 2.45) is 22.9 Å². The quantitative estimate of drug-likeness (QED) is 0.0321. The summed E-state index contributed by atoms with van der Waals surface area (Å²) < 4.78 is 26.1. The number of amides is 2. The molecule has 0 bridgehead atoms. The normalized spacial score (nSPS) is 22.1. The largest absolute Gasteiger partial charge is 0.459 e. The molecule has 1 aliphatic heterocycles. The maximum Gasteiger partial charge on any atom is 0.412 e. The number of rotatable bonds is 31. The number of benzene rings is 2. The van der Waals surface area contributed by atoms with E-state index in [4.69, 9.17) is 23.8 Å². The Balaban J connectivity index is 1.56. The molecular weight excluding hydrogens is 853 g/mol. The molecule has 6 unspecified atom stereocenters. The van der Waals surface area contributed by atoms with Gasteiger partial charge in [0, 0.05) is 49.8 Å². The van der Waals surface area contributed by atoms with Crippen molar-refractivity contribution in [1.29, 1.82) is 5.26 Å². The van der Waals surface area contributed by atoms with Gasteiger partial charge in [-0.15, -0.1) is 6.58 Å². The lowest BCUT2D eigenvalue weighted by Gasteiger charge is -2.60. The zero-order chi connectivity index (χ0) is 47.9. The van der Waals surface area contributed by atoms with Crippen LogP contribution in [0.5, 0.6) is 11.5 Å². The molecule has 0 radical (unpaired) electrons. The molecule has 0 aromatic heterocycles. The van der Waals surface area contributed by atoms with Crippen LogP contribution < -0.4 is 14.8 Å². The number of carbonyl (C=O) groups excluding carboxylic acids is 2. The molecule has 0 spiro atoms. The highest BCUT2D eigenvalue weighted by atomic mass is 16.7. The Labute approximate surface area is 398 Å². The maximum absolute atomic E-state index is 15.0. The lowest BCUT2D eigenvalue weighted by Crippen LogP contribution is -2.70. The number of hydrogen-bond acceptors (Lipinski definition) is 12. The van der Waals surface area contributed by atoms with E-state index in [1.807, 2.05) is 12.1 Å². The van der Waals surface area contributed by atoms with Crippen molar-refractivity contribution in [2.75, 3.05) is 59.8 Å². The molecule has 1 heterocycles. The average Bonchev–Trinajstić information content (AvgIpc) is 3.34. The third-order valence-electron chi connectivity index (χ3n) is 13.5. The number of fused-ring (bicyclic) bond motifs is 2. The fourth-order valence-corrected chi connectivity index (χ4v) is 10.3. The van der Waals surface area contributed by atoms with Gasteiger partial charge in [0.2, 0.25) is 5.79 Å². The van der Waals surface area contributed by atoms with Gasteiger partial charge in [-0.05, 0) is 92.0 Å². The molecule has 2 aromatic carbocycles. The van der Waals surface area contributed by atoms with Crippen LogP contribution >= 0.6 is 0 Å². The van der Waals surface area contributed by atoms with Gasteiger partial charge in [0.1, 0.15) is 24.7 Å². The monoisotopic (exact) mass is 929 g/mol. The lowest BCUT2D eigenvalue weighted by molar-refractivity contribution is -0.254. The van der Waals surface area contributed by atoms with Gasteiger partial charge in [-0.25, -0.2) is 4.79 Å². The molecule has 6 atom stereocenters. The summed E-state index contributed by atoms with van der Waals surface area (Å²) in [5, 5.41) is 46.6. The second kappa shape index (κ2) is 28.5. The number of nitrogens with zero attached hydrogens (tertiary/aromatic N) is 3. The van der Waals surface area contributed by atoms with Crippen molar-refractivity contribution in [3.63, 3.8) is 0 Å². The molecule has 2 aromatic rings. The molecule has 14 heteroatoms. The molecule has 2 amide bonds. The molecule has 14 nitrogen and oxygen atoms in total. The van der Waals surface area contributed by atoms with Gasteiger partial charge in [-0.2, -0.15) is 5.26 Å². The van der Waals surface area contributed by atoms with Crippen molar-refractivity contribution < 1.29 is 48.7 Å². The number of oxime groups is 1. The molecule has 67 heavy (non-hydrogen) atoms. The van der Waals surface area contributed by atoms with Crippen molar-refractivity contribution in [3.05, 3.63) is 83.5 Å². The summed E-state index contributed by atoms with van der Waals surface area (Å²) in [4.78, 5) is 35.5. The summed E-state index contributed by atoms with van der Waals surface area (Å²) in [6.07, 6.45) is 19.8. The standard InChI is InChI=1S/C53H76N4O10/c1-4-6-7-8-9-10-11-12-13-16-27-55-52(62)66-42-25-26-47-45(36-42)49-43(20-15-18-30-59)41(19-14-17-29-58)35-44-46(56-63-3)37-48(53(67-47,50(44)49)65-32-5-2)57(28-33-64-34-31-60)51(61)40-23-21-39(38-54)22-24-40/h5,21-26,35-36,41,43,48-50,58-60H,2,4,6-20,27-34,37H2,1,3H3,(H,55,62). The highest BCUT2D eigenvalue weighted by Crippen LogP contribution is 2.62. The highest BCUT2D eigenvalue weighted by Gasteiger charge is 2.65. The zero-order valence-corrected chi connectivity index (χ0v) is 40.0. The van der Waals surface area contributed by atoms with Crippen LogP contribution in [0.1, 0.15) is 143 Å². The first kappa shape index (κ1) is 53.2. The van der Waals surface area contributed by atoms with Gasteiger partial charge in [0.05, 0.1) is 49.7 Å². The third kappa shape index (κ3) is 14.4. The summed E-state index contributed by atoms with van der Waals surface area (Å²) >= 11 is 0. The number of aliphatic hydroxyl groups excluding tert-OH is 3. The van der Waals surface area contributed by atoms with Gasteiger partial charge in [-0.3, -0.25) is 4.79 Å². The van der Waals surface area contributed by atoms with Crippen molar-refractivity contribution in [1.82, 2.24) is 10.2 Å². The summed E-state index contributed by atoms with van der Waals surface area (Å²) in [5.74, 6) is -1.91. The third-order valence-corrected chi connectivity index (χ3v) is 13.5. The molecule has 5 rings (SSSR count). The Kier molecular flexibility index (Phi) is 22.6. The molecular formula is C53H76N4O10. The van der Waals surface area contributed by atoms with Crippen LogP contribution in [0.15, 0.2) is 71.9 Å². The molecule has 4 N–H and O–H groups in total. The second-order valence-corrected chi connectivity index (χ2v) is 18.0. The Morgan fingerprint density at radius 2 is 1.63 bits per heavy atom. The van der Waals surface area contributed by atoms with Crippen LogP contribution in [0.2, 0.25) is 0 Å². The summed E-state index contributed by atoms with van der Waals surface area (Å²) in [5.41, 5.74) is 3.08. The van der Waals surface area contributed by atoms with E-state index < -0.39 is 23.8 Å². The summed E-state index contributed by atoms with van der Waals surface area (Å²) in [6.45, 7) is 7.04. The molecule has 3 aliphatic rings. The molecule has 0 saturated heterocycles. The second-order valence-electron chi connectivity index (χ2n) is 18.0. The van der Waals surface area contributed by atoms with Crippen molar-refractivity contribution in [2.45, 2.75) is 134 Å². The van der Waals surface area contributed by atoms with Crippen LogP contribution in [0.3, 0.4) is 0 Å². The first-order chi connectivity index (χ1) is 32.8. The number of nitrogens with one attached hydrogen (secondary N) is 1. The fraction of sp³-hybridized carbons (Fsp3) is 0.623. The number of carbonyl (C=O) groups is 2. The lowest BCUT2D eigenvalue weighted by atomic mass is 9.55. The van der Waals surface area contributed by atoms with Gasteiger partial charge in [-0.1, -0.05) is 94.9 Å². The fourth-order valence-electron chi connectivity index (χ4n) is 10.3. The molecule has 1 fully saturated rings. The van der Waals surface area contributed by atoms with Gasteiger partial charge >= 0.3 is 6.09 Å². The van der Waals surface area contributed by atoms with E-state index in [2.05, 4.69) is 36.1 Å². The molecule has 1 saturated carbocycles. The van der Waals surface area contributed by atoms with E-state index in [-0.39, 0.29) is 76.3 Å². The minimum atomic E-state index is -1.52. The van der Waals surface area contributed by atoms with Crippen molar-refractivity contribution >= 4 is 17.7 Å². The van der Waals surface area contributed by atoms with Gasteiger partial charge < -0.3 is 49.3 Å². The van der Waals surface area contributed by atoms with Crippen LogP contribution in [0.4, 0.5) is 4.79 Å². The maximum atomic E-state index is 15.0. The Morgan fingerprint density at radius 3 is 2.28 bits per heavy atom. The van der Waals surface area contributed by atoms with Crippen LogP contribution in [-0.4, -0.2) is 110 Å². The summed E-state index contributed by atoms with van der Waals surface area (Å²) in [7, 11) is 1.50. The first-order valence-electron chi connectivity index (χ1n) is 24.9. The smallest absolute Gasteiger partial charge is 0.412 e. The predicted octanol–water partition coefficient (Wildman–Crippen LogP) is 8.98. The first-order valence-corrected chi connectivity index (χ1v) is 24.9. The van der Waals surface area contributed by atoms with Crippen LogP contribution in [0, 0.1) is 29.1 Å². The van der Waals surface area contributed by atoms with E-state index in [0.29, 0.717) is 47.7 Å². The van der Waals surface area contributed by atoms with Gasteiger partial charge in [0.15, 0.2) is 0 Å². The number of hydrogen-bond donors (Lipinski definition) is 4. The molecule has 2 aliphatic carbocycles. The average molecular weight is 929 g/mol. The van der Waals surface area contributed by atoms with Crippen LogP contribution in [-0.2, 0) is 14.3 Å². The number of aliphatic hydroxyl groups is 3. The SMILES string of the molecule is C=CCOC12Oc3ccc(OC(=O)NCCCCCCCCCCCC)cc3C3C(CCCCO)C(CCCCO)C=C(C(=NOC)CC1N(CCOCCO)C(=O)c1ccc(C#N)cc1)C32. The Morgan fingerprint density at radius 1 is 0.925 bits per heavy atom. The zero-order valence-electron chi connectivity index (χ0n) is 40.0. The van der Waals surface area contributed by atoms with Gasteiger partial charge in [0.25, 0.3) is 5.91 Å². The number of allylic oxidation sites excluding steroid dienone is 1. The number of ether oxygens (including phenoxy) is 4. The van der Waals surface area contributed by atoms with E-state index in [1.54, 1.807) is 41.3 Å². The topological polar surface area (TPSA) is 192 Å². The van der Waals surface area contributed by atoms with Crippen LogP contribution in [0.25, 0.3) is 0 Å². The molecule has 368 valence electrons. The number of nitriles is 1. The van der Waals surface area contributed by atoms with E-state index >= 15 is 0 Å².